The minimum absolute atomic E-state index is 0.391. The second-order valence-corrected chi connectivity index (χ2v) is 6.10. The highest BCUT2D eigenvalue weighted by Gasteiger charge is 2.25. The number of furan rings is 1. The number of aliphatic hydroxyl groups is 1. The van der Waals surface area contributed by atoms with E-state index in [0.717, 1.165) is 25.9 Å². The lowest BCUT2D eigenvalue weighted by Gasteiger charge is -2.31. The van der Waals surface area contributed by atoms with Crippen LogP contribution in [-0.4, -0.2) is 27.6 Å². The molecule has 4 nitrogen and oxygen atoms in total. The van der Waals surface area contributed by atoms with Gasteiger partial charge < -0.3 is 9.52 Å². The molecule has 118 valence electrons. The standard InChI is InChI=1S/C18H24N2O2/c21-17(18-8-5-11-22-18)12-16-7-2-1-3-10-20(16)14-15-6-4-9-19-13-15/h4-6,8-9,11,13,16-17,21H,1-3,7,10,12,14H2/t16-,17+/m0/s1. The first-order valence-corrected chi connectivity index (χ1v) is 8.17. The highest BCUT2D eigenvalue weighted by Crippen LogP contribution is 2.27. The number of likely N-dealkylation sites (tertiary alicyclic amines) is 1. The van der Waals surface area contributed by atoms with Crippen LogP contribution in [0, 0.1) is 0 Å². The van der Waals surface area contributed by atoms with Crippen LogP contribution in [0.2, 0.25) is 0 Å². The average molecular weight is 300 g/mol. The smallest absolute Gasteiger partial charge is 0.132 e. The normalized spacial score (nSPS) is 21.4. The molecule has 1 fully saturated rings. The zero-order chi connectivity index (χ0) is 15.2. The summed E-state index contributed by atoms with van der Waals surface area (Å²) in [5, 5.41) is 10.4. The maximum Gasteiger partial charge on any atom is 0.132 e. The van der Waals surface area contributed by atoms with E-state index in [-0.39, 0.29) is 0 Å². The van der Waals surface area contributed by atoms with Crippen LogP contribution in [0.25, 0.3) is 0 Å². The van der Waals surface area contributed by atoms with Crippen LogP contribution in [0.4, 0.5) is 0 Å². The van der Waals surface area contributed by atoms with Gasteiger partial charge in [-0.15, -0.1) is 0 Å². The molecule has 0 bridgehead atoms. The van der Waals surface area contributed by atoms with Gasteiger partial charge in [-0.25, -0.2) is 0 Å². The monoisotopic (exact) mass is 300 g/mol. The van der Waals surface area contributed by atoms with Gasteiger partial charge in [0.05, 0.1) is 6.26 Å². The van der Waals surface area contributed by atoms with Gasteiger partial charge in [0.15, 0.2) is 0 Å². The van der Waals surface area contributed by atoms with Crippen molar-refractivity contribution in [2.45, 2.75) is 50.8 Å². The van der Waals surface area contributed by atoms with Gasteiger partial charge >= 0.3 is 0 Å². The Bertz CT molecular complexity index is 541. The summed E-state index contributed by atoms with van der Waals surface area (Å²) in [5.41, 5.74) is 1.24. The first-order chi connectivity index (χ1) is 10.8. The van der Waals surface area contributed by atoms with Crippen molar-refractivity contribution in [3.8, 4) is 0 Å². The van der Waals surface area contributed by atoms with Crippen LogP contribution >= 0.6 is 0 Å². The van der Waals surface area contributed by atoms with E-state index < -0.39 is 6.10 Å². The maximum absolute atomic E-state index is 10.4. The number of hydrogen-bond donors (Lipinski definition) is 1. The third-order valence-corrected chi connectivity index (χ3v) is 4.47. The fourth-order valence-corrected chi connectivity index (χ4v) is 3.29. The second-order valence-electron chi connectivity index (χ2n) is 6.10. The molecule has 1 saturated heterocycles. The lowest BCUT2D eigenvalue weighted by molar-refractivity contribution is 0.0830. The molecule has 0 saturated carbocycles. The van der Waals surface area contributed by atoms with E-state index in [2.05, 4.69) is 16.0 Å². The zero-order valence-electron chi connectivity index (χ0n) is 12.9. The fourth-order valence-electron chi connectivity index (χ4n) is 3.29. The van der Waals surface area contributed by atoms with Crippen LogP contribution in [0.1, 0.15) is 49.5 Å². The van der Waals surface area contributed by atoms with Crippen molar-refractivity contribution in [3.05, 3.63) is 54.2 Å². The third kappa shape index (κ3) is 3.96. The summed E-state index contributed by atoms with van der Waals surface area (Å²) >= 11 is 0. The molecule has 2 aromatic heterocycles. The lowest BCUT2D eigenvalue weighted by atomic mass is 10.0. The molecule has 0 aliphatic carbocycles. The SMILES string of the molecule is O[C@H](C[C@@H]1CCCCCN1Cc1cccnc1)c1ccco1. The predicted molar refractivity (Wildman–Crippen MR) is 85.2 cm³/mol. The summed E-state index contributed by atoms with van der Waals surface area (Å²) in [6, 6.07) is 8.19. The van der Waals surface area contributed by atoms with E-state index in [1.165, 1.54) is 24.8 Å². The number of hydrogen-bond acceptors (Lipinski definition) is 4. The molecule has 3 heterocycles. The molecule has 3 rings (SSSR count). The highest BCUT2D eigenvalue weighted by atomic mass is 16.4. The Balaban J connectivity index is 1.67. The van der Waals surface area contributed by atoms with Gasteiger partial charge in [0.25, 0.3) is 0 Å². The van der Waals surface area contributed by atoms with E-state index in [1.807, 2.05) is 30.6 Å². The Morgan fingerprint density at radius 2 is 2.23 bits per heavy atom. The van der Waals surface area contributed by atoms with Crippen molar-refractivity contribution in [2.75, 3.05) is 6.54 Å². The summed E-state index contributed by atoms with van der Waals surface area (Å²) in [6.45, 7) is 1.99. The molecule has 1 aliphatic rings. The van der Waals surface area contributed by atoms with Gasteiger partial charge in [-0.1, -0.05) is 18.9 Å². The molecule has 0 spiro atoms. The van der Waals surface area contributed by atoms with Gasteiger partial charge in [-0.3, -0.25) is 9.88 Å². The Hall–Kier alpha value is -1.65. The fraction of sp³-hybridized carbons (Fsp3) is 0.500. The summed E-state index contributed by atoms with van der Waals surface area (Å²) in [7, 11) is 0. The summed E-state index contributed by atoms with van der Waals surface area (Å²) < 4.78 is 5.34. The van der Waals surface area contributed by atoms with Gasteiger partial charge in [0, 0.05) is 25.0 Å². The maximum atomic E-state index is 10.4. The molecule has 0 aromatic carbocycles. The van der Waals surface area contributed by atoms with E-state index in [0.29, 0.717) is 11.8 Å². The molecule has 0 unspecified atom stereocenters. The van der Waals surface area contributed by atoms with E-state index in [4.69, 9.17) is 4.42 Å². The quantitative estimate of drug-likeness (QED) is 0.917. The molecule has 2 aromatic rings. The van der Waals surface area contributed by atoms with Crippen LogP contribution in [0.3, 0.4) is 0 Å². The highest BCUT2D eigenvalue weighted by molar-refractivity contribution is 5.09. The van der Waals surface area contributed by atoms with Crippen molar-refractivity contribution in [1.82, 2.24) is 9.88 Å². The Morgan fingerprint density at radius 1 is 1.27 bits per heavy atom. The van der Waals surface area contributed by atoms with Crippen LogP contribution in [0.5, 0.6) is 0 Å². The third-order valence-electron chi connectivity index (χ3n) is 4.47. The van der Waals surface area contributed by atoms with Crippen molar-refractivity contribution in [1.29, 1.82) is 0 Å². The minimum Gasteiger partial charge on any atom is -0.467 e. The zero-order valence-corrected chi connectivity index (χ0v) is 12.9. The number of pyridine rings is 1. The van der Waals surface area contributed by atoms with Gasteiger partial charge in [0.2, 0.25) is 0 Å². The molecule has 1 N–H and O–H groups in total. The van der Waals surface area contributed by atoms with Crippen molar-refractivity contribution in [2.24, 2.45) is 0 Å². The number of aromatic nitrogens is 1. The Kier molecular flexibility index (Phi) is 5.24. The topological polar surface area (TPSA) is 49.5 Å². The second kappa shape index (κ2) is 7.56. The first-order valence-electron chi connectivity index (χ1n) is 8.17. The molecular formula is C18H24N2O2. The molecule has 22 heavy (non-hydrogen) atoms. The van der Waals surface area contributed by atoms with Crippen molar-refractivity contribution >= 4 is 0 Å². The first kappa shape index (κ1) is 15.3. The molecule has 0 amide bonds. The summed E-state index contributed by atoms with van der Waals surface area (Å²) in [5.74, 6) is 0.672. The predicted octanol–water partition coefficient (Wildman–Crippen LogP) is 3.54. The van der Waals surface area contributed by atoms with E-state index >= 15 is 0 Å². The molecule has 4 heteroatoms. The number of nitrogens with zero attached hydrogens (tertiary/aromatic N) is 2. The van der Waals surface area contributed by atoms with Crippen molar-refractivity contribution < 1.29 is 9.52 Å². The number of aliphatic hydroxyl groups excluding tert-OH is 1. The average Bonchev–Trinajstić information content (AvgIpc) is 3.00. The molecule has 0 radical (unpaired) electrons. The van der Waals surface area contributed by atoms with E-state index in [9.17, 15) is 5.11 Å². The van der Waals surface area contributed by atoms with Gasteiger partial charge in [0.1, 0.15) is 11.9 Å². The Labute approximate surface area is 131 Å². The minimum atomic E-state index is -0.519. The Morgan fingerprint density at radius 3 is 3.00 bits per heavy atom. The lowest BCUT2D eigenvalue weighted by Crippen LogP contribution is -2.35. The van der Waals surface area contributed by atoms with Crippen molar-refractivity contribution in [3.63, 3.8) is 0 Å². The van der Waals surface area contributed by atoms with Crippen LogP contribution in [0.15, 0.2) is 47.3 Å². The van der Waals surface area contributed by atoms with Gasteiger partial charge in [-0.05, 0) is 49.6 Å². The molecule has 2 atom stereocenters. The van der Waals surface area contributed by atoms with Crippen LogP contribution < -0.4 is 0 Å². The van der Waals surface area contributed by atoms with Gasteiger partial charge in [-0.2, -0.15) is 0 Å². The van der Waals surface area contributed by atoms with E-state index in [1.54, 1.807) is 6.26 Å². The van der Waals surface area contributed by atoms with Crippen LogP contribution in [-0.2, 0) is 6.54 Å². The summed E-state index contributed by atoms with van der Waals surface area (Å²) in [4.78, 5) is 6.71. The summed E-state index contributed by atoms with van der Waals surface area (Å²) in [6.07, 6.45) is 10.5. The number of rotatable bonds is 5. The largest absolute Gasteiger partial charge is 0.467 e. The molecular weight excluding hydrogens is 276 g/mol. The molecule has 1 aliphatic heterocycles.